The van der Waals surface area contributed by atoms with Gasteiger partial charge in [-0.15, -0.1) is 0 Å². The van der Waals surface area contributed by atoms with Gasteiger partial charge in [0.1, 0.15) is 0 Å². The molecule has 3 fully saturated rings. The van der Waals surface area contributed by atoms with Gasteiger partial charge in [0, 0.05) is 18.6 Å². The van der Waals surface area contributed by atoms with Crippen molar-refractivity contribution in [2.24, 2.45) is 5.92 Å². The molecule has 2 atom stereocenters. The lowest BCUT2D eigenvalue weighted by Gasteiger charge is -2.33. The molecule has 0 spiro atoms. The fourth-order valence-corrected chi connectivity index (χ4v) is 3.51. The van der Waals surface area contributed by atoms with Gasteiger partial charge in [0.2, 0.25) is 0 Å². The van der Waals surface area contributed by atoms with Crippen LogP contribution in [0.4, 0.5) is 0 Å². The maximum Gasteiger partial charge on any atom is 0.0546 e. The molecule has 0 aromatic carbocycles. The summed E-state index contributed by atoms with van der Waals surface area (Å²) in [5, 5.41) is 12.9. The van der Waals surface area contributed by atoms with E-state index in [4.69, 9.17) is 0 Å². The highest BCUT2D eigenvalue weighted by molar-refractivity contribution is 4.96. The first-order valence-electron chi connectivity index (χ1n) is 6.48. The van der Waals surface area contributed by atoms with Crippen molar-refractivity contribution >= 4 is 0 Å². The van der Waals surface area contributed by atoms with Gasteiger partial charge < -0.3 is 10.4 Å². The highest BCUT2D eigenvalue weighted by Crippen LogP contribution is 2.30. The molecule has 3 heteroatoms. The molecule has 2 unspecified atom stereocenters. The summed E-state index contributed by atoms with van der Waals surface area (Å²) in [6, 6.07) is 1.57. The first-order chi connectivity index (χ1) is 7.33. The van der Waals surface area contributed by atoms with Crippen LogP contribution < -0.4 is 5.32 Å². The average Bonchev–Trinajstić information content (AvgIpc) is 2.73. The van der Waals surface area contributed by atoms with Crippen molar-refractivity contribution in [1.82, 2.24) is 10.2 Å². The van der Waals surface area contributed by atoms with Crippen molar-refractivity contribution in [2.45, 2.75) is 50.3 Å². The van der Waals surface area contributed by atoms with E-state index in [0.29, 0.717) is 0 Å². The Kier molecular flexibility index (Phi) is 2.71. The summed E-state index contributed by atoms with van der Waals surface area (Å²) >= 11 is 0. The fraction of sp³-hybridized carbons (Fsp3) is 1.00. The number of nitrogens with one attached hydrogen (secondary N) is 1. The quantitative estimate of drug-likeness (QED) is 0.715. The molecule has 2 aliphatic heterocycles. The molecule has 86 valence electrons. The summed E-state index contributed by atoms with van der Waals surface area (Å²) < 4.78 is 0. The predicted octanol–water partition coefficient (Wildman–Crippen LogP) is 0.584. The van der Waals surface area contributed by atoms with Crippen LogP contribution in [0.25, 0.3) is 0 Å². The third-order valence-corrected chi connectivity index (χ3v) is 4.49. The van der Waals surface area contributed by atoms with Crippen molar-refractivity contribution in [1.29, 1.82) is 0 Å². The minimum absolute atomic E-state index is 0.00311. The number of nitrogens with zero attached hydrogens (tertiary/aromatic N) is 1. The van der Waals surface area contributed by atoms with E-state index in [1.165, 1.54) is 32.4 Å². The molecule has 2 saturated heterocycles. The van der Waals surface area contributed by atoms with Crippen LogP contribution >= 0.6 is 0 Å². The third kappa shape index (κ3) is 1.93. The lowest BCUT2D eigenvalue weighted by molar-refractivity contribution is 0.0414. The van der Waals surface area contributed by atoms with Gasteiger partial charge in [0.25, 0.3) is 0 Å². The monoisotopic (exact) mass is 210 g/mol. The SMILES string of the molecule is OC1CC(CNC2CCN3CCCC23)C1. The Morgan fingerprint density at radius 3 is 2.87 bits per heavy atom. The summed E-state index contributed by atoms with van der Waals surface area (Å²) in [4.78, 5) is 2.65. The predicted molar refractivity (Wildman–Crippen MR) is 59.7 cm³/mol. The van der Waals surface area contributed by atoms with E-state index in [-0.39, 0.29) is 6.10 Å². The Balaban J connectivity index is 1.43. The summed E-state index contributed by atoms with van der Waals surface area (Å²) in [5.41, 5.74) is 0. The van der Waals surface area contributed by atoms with Crippen LogP contribution in [-0.2, 0) is 0 Å². The van der Waals surface area contributed by atoms with Crippen LogP contribution in [0.3, 0.4) is 0 Å². The van der Waals surface area contributed by atoms with Gasteiger partial charge in [0.05, 0.1) is 6.10 Å². The Labute approximate surface area is 91.8 Å². The van der Waals surface area contributed by atoms with E-state index in [1.807, 2.05) is 0 Å². The number of fused-ring (bicyclic) bond motifs is 1. The molecule has 1 aliphatic carbocycles. The number of aliphatic hydroxyl groups is 1. The van der Waals surface area contributed by atoms with E-state index in [2.05, 4.69) is 10.2 Å². The van der Waals surface area contributed by atoms with Crippen LogP contribution in [0.1, 0.15) is 32.1 Å². The molecule has 3 rings (SSSR count). The van der Waals surface area contributed by atoms with Gasteiger partial charge in [-0.3, -0.25) is 4.90 Å². The molecule has 0 amide bonds. The normalized spacial score (nSPS) is 45.4. The van der Waals surface area contributed by atoms with Crippen molar-refractivity contribution in [3.63, 3.8) is 0 Å². The molecule has 2 heterocycles. The standard InChI is InChI=1S/C12H22N2O/c15-10-6-9(7-10)8-13-11-3-5-14-4-1-2-12(11)14/h9-13,15H,1-8H2. The summed E-state index contributed by atoms with van der Waals surface area (Å²) in [7, 11) is 0. The van der Waals surface area contributed by atoms with E-state index in [9.17, 15) is 5.11 Å². The maximum absolute atomic E-state index is 9.22. The van der Waals surface area contributed by atoms with Gasteiger partial charge in [-0.25, -0.2) is 0 Å². The molecule has 0 radical (unpaired) electrons. The molecule has 2 N–H and O–H groups in total. The summed E-state index contributed by atoms with van der Waals surface area (Å²) in [6.45, 7) is 3.76. The van der Waals surface area contributed by atoms with E-state index >= 15 is 0 Å². The van der Waals surface area contributed by atoms with Crippen molar-refractivity contribution in [3.05, 3.63) is 0 Å². The molecule has 0 aromatic heterocycles. The van der Waals surface area contributed by atoms with Crippen LogP contribution in [0.15, 0.2) is 0 Å². The van der Waals surface area contributed by atoms with Gasteiger partial charge in [-0.05, 0) is 51.1 Å². The van der Waals surface area contributed by atoms with Gasteiger partial charge in [0.15, 0.2) is 0 Å². The molecule has 15 heavy (non-hydrogen) atoms. The van der Waals surface area contributed by atoms with Gasteiger partial charge in [-0.2, -0.15) is 0 Å². The molecule has 1 saturated carbocycles. The zero-order valence-corrected chi connectivity index (χ0v) is 9.36. The van der Waals surface area contributed by atoms with E-state index < -0.39 is 0 Å². The second kappa shape index (κ2) is 4.04. The molecule has 0 aromatic rings. The number of hydrogen-bond acceptors (Lipinski definition) is 3. The molecule has 0 bridgehead atoms. The van der Waals surface area contributed by atoms with Crippen LogP contribution in [0, 0.1) is 5.92 Å². The Hall–Kier alpha value is -0.120. The first-order valence-corrected chi connectivity index (χ1v) is 6.48. The zero-order valence-electron chi connectivity index (χ0n) is 9.36. The van der Waals surface area contributed by atoms with Gasteiger partial charge >= 0.3 is 0 Å². The Morgan fingerprint density at radius 2 is 2.07 bits per heavy atom. The third-order valence-electron chi connectivity index (χ3n) is 4.49. The molecular weight excluding hydrogens is 188 g/mol. The van der Waals surface area contributed by atoms with Crippen LogP contribution in [-0.4, -0.2) is 47.8 Å². The van der Waals surface area contributed by atoms with Crippen molar-refractivity contribution in [2.75, 3.05) is 19.6 Å². The zero-order chi connectivity index (χ0) is 10.3. The summed E-state index contributed by atoms with van der Waals surface area (Å²) in [6.07, 6.45) is 6.17. The lowest BCUT2D eigenvalue weighted by Crippen LogP contribution is -2.44. The molecule has 3 nitrogen and oxygen atoms in total. The lowest BCUT2D eigenvalue weighted by atomic mass is 9.82. The van der Waals surface area contributed by atoms with E-state index in [0.717, 1.165) is 37.4 Å². The molecule has 3 aliphatic rings. The Morgan fingerprint density at radius 1 is 1.20 bits per heavy atom. The second-order valence-electron chi connectivity index (χ2n) is 5.54. The maximum atomic E-state index is 9.22. The Bertz CT molecular complexity index is 228. The minimum atomic E-state index is 0.00311. The van der Waals surface area contributed by atoms with Crippen molar-refractivity contribution in [3.8, 4) is 0 Å². The fourth-order valence-electron chi connectivity index (χ4n) is 3.51. The first kappa shape index (κ1) is 10.1. The van der Waals surface area contributed by atoms with Gasteiger partial charge in [-0.1, -0.05) is 0 Å². The summed E-state index contributed by atoms with van der Waals surface area (Å²) in [5.74, 6) is 0.746. The number of hydrogen-bond donors (Lipinski definition) is 2. The highest BCUT2D eigenvalue weighted by atomic mass is 16.3. The minimum Gasteiger partial charge on any atom is -0.393 e. The van der Waals surface area contributed by atoms with Crippen LogP contribution in [0.2, 0.25) is 0 Å². The smallest absolute Gasteiger partial charge is 0.0546 e. The largest absolute Gasteiger partial charge is 0.393 e. The van der Waals surface area contributed by atoms with Crippen molar-refractivity contribution < 1.29 is 5.11 Å². The second-order valence-corrected chi connectivity index (χ2v) is 5.54. The van der Waals surface area contributed by atoms with E-state index in [1.54, 1.807) is 0 Å². The highest BCUT2D eigenvalue weighted by Gasteiger charge is 2.37. The van der Waals surface area contributed by atoms with Crippen LogP contribution in [0.5, 0.6) is 0 Å². The number of aliphatic hydroxyl groups excluding tert-OH is 1. The topological polar surface area (TPSA) is 35.5 Å². The molecular formula is C12H22N2O. The average molecular weight is 210 g/mol. The number of rotatable bonds is 3.